The zero-order valence-electron chi connectivity index (χ0n) is 18.6. The van der Waals surface area contributed by atoms with Crippen LogP contribution >= 0.6 is 0 Å². The molecule has 2 amide bonds. The van der Waals surface area contributed by atoms with Crippen LogP contribution in [0.1, 0.15) is 40.2 Å². The summed E-state index contributed by atoms with van der Waals surface area (Å²) in [5.41, 5.74) is 1.74. The molecule has 0 aliphatic carbocycles. The number of benzene rings is 1. The van der Waals surface area contributed by atoms with Gasteiger partial charge in [-0.3, -0.25) is 9.59 Å². The molecular formula is C22H30N2O7. The van der Waals surface area contributed by atoms with Gasteiger partial charge in [0.25, 0.3) is 5.91 Å². The van der Waals surface area contributed by atoms with Crippen molar-refractivity contribution in [3.8, 4) is 0 Å². The second kappa shape index (κ2) is 7.83. The number of hydrogen-bond acceptors (Lipinski definition) is 7. The average molecular weight is 434 g/mol. The molecule has 6 atom stereocenters. The van der Waals surface area contributed by atoms with Crippen molar-refractivity contribution < 1.29 is 33.3 Å². The molecule has 3 aliphatic heterocycles. The van der Waals surface area contributed by atoms with Gasteiger partial charge in [-0.2, -0.15) is 0 Å². The Labute approximate surface area is 181 Å². The van der Waals surface area contributed by atoms with E-state index in [1.54, 1.807) is 34.6 Å². The molecule has 0 bridgehead atoms. The number of hydrogen-bond donors (Lipinski definition) is 2. The molecule has 31 heavy (non-hydrogen) atoms. The highest BCUT2D eigenvalue weighted by Crippen LogP contribution is 2.44. The van der Waals surface area contributed by atoms with Crippen LogP contribution in [0.5, 0.6) is 0 Å². The quantitative estimate of drug-likeness (QED) is 0.745. The van der Waals surface area contributed by atoms with Crippen molar-refractivity contribution in [1.82, 2.24) is 5.32 Å². The van der Waals surface area contributed by atoms with Gasteiger partial charge >= 0.3 is 0 Å². The van der Waals surface area contributed by atoms with Gasteiger partial charge < -0.3 is 34.3 Å². The number of anilines is 1. The second-order valence-corrected chi connectivity index (χ2v) is 9.18. The predicted octanol–water partition coefficient (Wildman–Crippen LogP) is 1.83. The van der Waals surface area contributed by atoms with E-state index in [-0.39, 0.29) is 5.91 Å². The molecule has 0 saturated carbocycles. The Balaban J connectivity index is 1.44. The van der Waals surface area contributed by atoms with Gasteiger partial charge in [-0.1, -0.05) is 17.7 Å². The molecule has 0 unspecified atom stereocenters. The van der Waals surface area contributed by atoms with Crippen molar-refractivity contribution in [3.05, 3.63) is 29.8 Å². The van der Waals surface area contributed by atoms with Gasteiger partial charge in [0.15, 0.2) is 24.0 Å². The van der Waals surface area contributed by atoms with Crippen molar-refractivity contribution in [1.29, 1.82) is 0 Å². The van der Waals surface area contributed by atoms with Crippen LogP contribution in [0, 0.1) is 6.92 Å². The van der Waals surface area contributed by atoms with Gasteiger partial charge in [0.1, 0.15) is 24.4 Å². The lowest BCUT2D eigenvalue weighted by molar-refractivity contribution is -0.231. The molecule has 3 aliphatic rings. The highest BCUT2D eigenvalue weighted by atomic mass is 16.9. The minimum atomic E-state index is -1.01. The van der Waals surface area contributed by atoms with E-state index in [1.807, 2.05) is 31.2 Å². The summed E-state index contributed by atoms with van der Waals surface area (Å²) in [6.07, 6.45) is -3.54. The summed E-state index contributed by atoms with van der Waals surface area (Å²) < 4.78 is 29.7. The van der Waals surface area contributed by atoms with Crippen LogP contribution < -0.4 is 10.6 Å². The van der Waals surface area contributed by atoms with Crippen molar-refractivity contribution in [2.75, 3.05) is 5.32 Å². The second-order valence-electron chi connectivity index (χ2n) is 9.18. The molecule has 170 valence electrons. The Kier molecular flexibility index (Phi) is 5.60. The monoisotopic (exact) mass is 434 g/mol. The molecule has 3 saturated heterocycles. The lowest BCUT2D eigenvalue weighted by Crippen LogP contribution is -2.60. The Morgan fingerprint density at radius 1 is 0.903 bits per heavy atom. The Bertz CT molecular complexity index is 854. The number of ether oxygens (including phenoxy) is 5. The number of carbonyl (C=O) groups is 2. The highest BCUT2D eigenvalue weighted by Gasteiger charge is 2.62. The van der Waals surface area contributed by atoms with E-state index in [2.05, 4.69) is 10.6 Å². The number of carbonyl (C=O) groups excluding carboxylic acids is 2. The van der Waals surface area contributed by atoms with Gasteiger partial charge in [-0.15, -0.1) is 0 Å². The van der Waals surface area contributed by atoms with E-state index in [4.69, 9.17) is 23.7 Å². The topological polar surface area (TPSA) is 104 Å². The van der Waals surface area contributed by atoms with Crippen molar-refractivity contribution in [2.24, 2.45) is 0 Å². The van der Waals surface area contributed by atoms with Crippen LogP contribution in [0.2, 0.25) is 0 Å². The summed E-state index contributed by atoms with van der Waals surface area (Å²) in [6, 6.07) is 6.62. The Morgan fingerprint density at radius 2 is 1.48 bits per heavy atom. The molecule has 0 aromatic heterocycles. The number of aryl methyl sites for hydroxylation is 1. The molecule has 9 heteroatoms. The molecule has 1 aromatic rings. The number of nitrogens with one attached hydrogen (secondary N) is 2. The average Bonchev–Trinajstić information content (AvgIpc) is 3.16. The molecule has 0 spiro atoms. The van der Waals surface area contributed by atoms with E-state index in [0.717, 1.165) is 5.56 Å². The fourth-order valence-corrected chi connectivity index (χ4v) is 4.07. The summed E-state index contributed by atoms with van der Waals surface area (Å²) >= 11 is 0. The Hall–Kier alpha value is -2.04. The maximum atomic E-state index is 13.1. The van der Waals surface area contributed by atoms with E-state index in [1.165, 1.54) is 0 Å². The van der Waals surface area contributed by atoms with E-state index in [9.17, 15) is 9.59 Å². The molecule has 0 radical (unpaired) electrons. The minimum absolute atomic E-state index is 0.340. The summed E-state index contributed by atoms with van der Waals surface area (Å²) in [6.45, 7) is 10.7. The van der Waals surface area contributed by atoms with Gasteiger partial charge in [0, 0.05) is 5.69 Å². The largest absolute Gasteiger partial charge is 0.342 e. The van der Waals surface area contributed by atoms with Crippen molar-refractivity contribution in [2.45, 2.75) is 89.9 Å². The molecule has 9 nitrogen and oxygen atoms in total. The first kappa shape index (κ1) is 22.2. The standard InChI is InChI=1S/C22H30N2O7/c1-11-7-9-13(10-8-11)24-18(25)12(2)23-19(26)16-14-15(29-21(3,4)28-14)17-20(27-16)31-22(5,6)30-17/h7-10,12,14-17,20H,1-6H3,(H,23,26)(H,24,25)/t12-,14-,15+,16+,17+,20+/m0/s1. The van der Waals surface area contributed by atoms with E-state index in [0.29, 0.717) is 5.69 Å². The molecule has 4 rings (SSSR count). The summed E-state index contributed by atoms with van der Waals surface area (Å²) in [5.74, 6) is -2.60. The van der Waals surface area contributed by atoms with Crippen LogP contribution in [-0.4, -0.2) is 60.1 Å². The maximum Gasteiger partial charge on any atom is 0.252 e. The first-order chi connectivity index (χ1) is 14.4. The first-order valence-corrected chi connectivity index (χ1v) is 10.5. The zero-order valence-corrected chi connectivity index (χ0v) is 18.6. The van der Waals surface area contributed by atoms with Crippen LogP contribution in [0.3, 0.4) is 0 Å². The third-order valence-electron chi connectivity index (χ3n) is 5.48. The number of amides is 2. The van der Waals surface area contributed by atoms with Gasteiger partial charge in [0.2, 0.25) is 5.91 Å². The SMILES string of the molecule is Cc1ccc(NC(=O)[C@H](C)NC(=O)[C@@H]2O[C@@H]3OC(C)(C)O[C@@H]3[C@@H]3OC(C)(C)O[C@@H]32)cc1. The lowest BCUT2D eigenvalue weighted by Gasteiger charge is -2.36. The number of rotatable bonds is 4. The smallest absolute Gasteiger partial charge is 0.252 e. The van der Waals surface area contributed by atoms with Crippen molar-refractivity contribution >= 4 is 17.5 Å². The van der Waals surface area contributed by atoms with Crippen LogP contribution in [0.25, 0.3) is 0 Å². The summed E-state index contributed by atoms with van der Waals surface area (Å²) in [4.78, 5) is 25.6. The predicted molar refractivity (Wildman–Crippen MR) is 110 cm³/mol. The van der Waals surface area contributed by atoms with Crippen LogP contribution in [0.4, 0.5) is 5.69 Å². The molecule has 3 fully saturated rings. The Morgan fingerprint density at radius 3 is 2.16 bits per heavy atom. The number of fused-ring (bicyclic) bond motifs is 3. The molecule has 2 N–H and O–H groups in total. The third-order valence-corrected chi connectivity index (χ3v) is 5.48. The fourth-order valence-electron chi connectivity index (χ4n) is 4.07. The minimum Gasteiger partial charge on any atom is -0.342 e. The first-order valence-electron chi connectivity index (χ1n) is 10.5. The van der Waals surface area contributed by atoms with Gasteiger partial charge in [-0.05, 0) is 53.7 Å². The van der Waals surface area contributed by atoms with Crippen molar-refractivity contribution in [3.63, 3.8) is 0 Å². The zero-order chi connectivity index (χ0) is 22.6. The van der Waals surface area contributed by atoms with Gasteiger partial charge in [0.05, 0.1) is 0 Å². The highest BCUT2D eigenvalue weighted by molar-refractivity contribution is 5.97. The summed E-state index contributed by atoms with van der Waals surface area (Å²) in [5, 5.41) is 5.50. The van der Waals surface area contributed by atoms with Gasteiger partial charge in [-0.25, -0.2) is 0 Å². The summed E-state index contributed by atoms with van der Waals surface area (Å²) in [7, 11) is 0. The lowest BCUT2D eigenvalue weighted by atomic mass is 9.98. The molecular weight excluding hydrogens is 404 g/mol. The van der Waals surface area contributed by atoms with E-state index >= 15 is 0 Å². The molecule has 3 heterocycles. The maximum absolute atomic E-state index is 13.1. The molecule has 1 aromatic carbocycles. The normalized spacial score (nSPS) is 33.8. The fraction of sp³-hybridized carbons (Fsp3) is 0.636. The third kappa shape index (κ3) is 4.61. The van der Waals surface area contributed by atoms with Crippen LogP contribution in [-0.2, 0) is 33.3 Å². The van der Waals surface area contributed by atoms with E-state index < -0.39 is 54.2 Å². The van der Waals surface area contributed by atoms with Crippen LogP contribution in [0.15, 0.2) is 24.3 Å².